The molecule has 3 aliphatic heterocycles. The summed E-state index contributed by atoms with van der Waals surface area (Å²) >= 11 is 0. The van der Waals surface area contributed by atoms with Crippen LogP contribution in [0.15, 0.2) is 24.3 Å². The lowest BCUT2D eigenvalue weighted by Gasteiger charge is -2.47. The van der Waals surface area contributed by atoms with E-state index in [1.165, 1.54) is 0 Å². The van der Waals surface area contributed by atoms with Gasteiger partial charge in [-0.3, -0.25) is 9.59 Å². The zero-order valence-corrected chi connectivity index (χ0v) is 16.0. The van der Waals surface area contributed by atoms with Gasteiger partial charge in [0.1, 0.15) is 11.4 Å². The molecule has 146 valence electrons. The minimum Gasteiger partial charge on any atom is -0.484 e. The molecular weight excluding hydrogens is 344 g/mol. The number of rotatable bonds is 5. The Bertz CT molecular complexity index is 708. The van der Waals surface area contributed by atoms with Crippen molar-refractivity contribution in [3.63, 3.8) is 0 Å². The number of amides is 2. The molecule has 27 heavy (non-hydrogen) atoms. The van der Waals surface area contributed by atoms with Gasteiger partial charge in [0.25, 0.3) is 5.91 Å². The molecule has 1 aromatic carbocycles. The van der Waals surface area contributed by atoms with Crippen molar-refractivity contribution in [2.45, 2.75) is 38.2 Å². The summed E-state index contributed by atoms with van der Waals surface area (Å²) in [7, 11) is 0. The highest BCUT2D eigenvalue weighted by molar-refractivity contribution is 5.79. The predicted molar refractivity (Wildman–Crippen MR) is 100 cm³/mol. The molecule has 1 atom stereocenters. The normalized spacial score (nSPS) is 23.5. The summed E-state index contributed by atoms with van der Waals surface area (Å²) in [6.07, 6.45) is 3.69. The van der Waals surface area contributed by atoms with Crippen molar-refractivity contribution in [3.8, 4) is 5.75 Å². The first-order valence-corrected chi connectivity index (χ1v) is 9.92. The van der Waals surface area contributed by atoms with Crippen molar-refractivity contribution < 1.29 is 19.1 Å². The zero-order valence-electron chi connectivity index (χ0n) is 16.0. The third kappa shape index (κ3) is 4.10. The summed E-state index contributed by atoms with van der Waals surface area (Å²) in [4.78, 5) is 28.4. The van der Waals surface area contributed by atoms with Crippen molar-refractivity contribution in [3.05, 3.63) is 29.8 Å². The van der Waals surface area contributed by atoms with Crippen LogP contribution >= 0.6 is 0 Å². The lowest BCUT2D eigenvalue weighted by Crippen LogP contribution is -2.64. The average Bonchev–Trinajstić information content (AvgIpc) is 3.28. The Morgan fingerprint density at radius 2 is 1.96 bits per heavy atom. The molecule has 3 saturated heterocycles. The van der Waals surface area contributed by atoms with Gasteiger partial charge in [0.15, 0.2) is 6.61 Å². The minimum absolute atomic E-state index is 0.0117. The van der Waals surface area contributed by atoms with E-state index in [0.29, 0.717) is 26.1 Å². The molecule has 3 heterocycles. The van der Waals surface area contributed by atoms with Gasteiger partial charge in [-0.05, 0) is 49.8 Å². The predicted octanol–water partition coefficient (Wildman–Crippen LogP) is 2.00. The number of likely N-dealkylation sites (tertiary alicyclic amines) is 2. The van der Waals surface area contributed by atoms with Crippen molar-refractivity contribution in [1.82, 2.24) is 9.80 Å². The molecule has 0 radical (unpaired) electrons. The molecule has 0 aliphatic carbocycles. The molecule has 3 fully saturated rings. The smallest absolute Gasteiger partial charge is 0.260 e. The maximum atomic E-state index is 12.3. The van der Waals surface area contributed by atoms with Gasteiger partial charge < -0.3 is 19.3 Å². The molecule has 1 spiro atoms. The first-order valence-electron chi connectivity index (χ1n) is 9.92. The van der Waals surface area contributed by atoms with Crippen molar-refractivity contribution >= 4 is 11.8 Å². The zero-order chi connectivity index (χ0) is 18.9. The summed E-state index contributed by atoms with van der Waals surface area (Å²) in [5.74, 6) is 1.24. The fraction of sp³-hybridized carbons (Fsp3) is 0.619. The van der Waals surface area contributed by atoms with Gasteiger partial charge in [0.05, 0.1) is 19.7 Å². The number of carbonyl (C=O) groups excluding carboxylic acids is 2. The number of benzene rings is 1. The number of carbonyl (C=O) groups is 2. The molecule has 1 aromatic rings. The molecule has 6 nitrogen and oxygen atoms in total. The molecule has 0 saturated carbocycles. The highest BCUT2D eigenvalue weighted by Crippen LogP contribution is 2.39. The quantitative estimate of drug-likeness (QED) is 0.793. The van der Waals surface area contributed by atoms with Crippen LogP contribution in [0.3, 0.4) is 0 Å². The Morgan fingerprint density at radius 1 is 1.19 bits per heavy atom. The second-order valence-electron chi connectivity index (χ2n) is 8.21. The second kappa shape index (κ2) is 7.50. The summed E-state index contributed by atoms with van der Waals surface area (Å²) < 4.78 is 11.6. The third-order valence-corrected chi connectivity index (χ3v) is 5.87. The summed E-state index contributed by atoms with van der Waals surface area (Å²) in [6.45, 7) is 5.70. The van der Waals surface area contributed by atoms with Crippen LogP contribution in [0.1, 0.15) is 31.2 Å². The van der Waals surface area contributed by atoms with Gasteiger partial charge >= 0.3 is 0 Å². The van der Waals surface area contributed by atoms with Crippen LogP contribution in [0.4, 0.5) is 0 Å². The van der Waals surface area contributed by atoms with Crippen LogP contribution in [0, 0.1) is 12.8 Å². The molecule has 2 amide bonds. The molecule has 6 heteroatoms. The van der Waals surface area contributed by atoms with Crippen LogP contribution in [-0.2, 0) is 14.3 Å². The molecular formula is C21H28N2O4. The van der Waals surface area contributed by atoms with Crippen molar-refractivity contribution in [1.29, 1.82) is 0 Å². The maximum absolute atomic E-state index is 12.3. The molecule has 4 rings (SSSR count). The summed E-state index contributed by atoms with van der Waals surface area (Å²) in [6, 6.07) is 7.70. The Morgan fingerprint density at radius 3 is 2.70 bits per heavy atom. The summed E-state index contributed by atoms with van der Waals surface area (Å²) in [5, 5.41) is 0. The topological polar surface area (TPSA) is 59.1 Å². The van der Waals surface area contributed by atoms with Gasteiger partial charge in [0.2, 0.25) is 5.91 Å². The molecule has 1 unspecified atom stereocenters. The third-order valence-electron chi connectivity index (χ3n) is 5.87. The van der Waals surface area contributed by atoms with Crippen LogP contribution in [-0.4, -0.2) is 66.6 Å². The van der Waals surface area contributed by atoms with E-state index >= 15 is 0 Å². The monoisotopic (exact) mass is 372 g/mol. The van der Waals surface area contributed by atoms with Crippen LogP contribution in [0.5, 0.6) is 5.75 Å². The Labute approximate surface area is 160 Å². The number of nitrogens with zero attached hydrogens (tertiary/aromatic N) is 2. The van der Waals surface area contributed by atoms with E-state index in [9.17, 15) is 9.59 Å². The summed E-state index contributed by atoms with van der Waals surface area (Å²) in [5.41, 5.74) is 0.867. The van der Waals surface area contributed by atoms with E-state index in [1.807, 2.05) is 36.1 Å². The van der Waals surface area contributed by atoms with E-state index in [4.69, 9.17) is 9.47 Å². The van der Waals surface area contributed by atoms with Gasteiger partial charge in [-0.15, -0.1) is 0 Å². The Hall–Kier alpha value is -2.08. The van der Waals surface area contributed by atoms with Crippen molar-refractivity contribution in [2.24, 2.45) is 5.92 Å². The van der Waals surface area contributed by atoms with Gasteiger partial charge in [-0.1, -0.05) is 12.1 Å². The number of hydrogen-bond donors (Lipinski definition) is 0. The Balaban J connectivity index is 1.20. The number of ether oxygens (including phenoxy) is 2. The molecule has 3 aliphatic rings. The lowest BCUT2D eigenvalue weighted by atomic mass is 9.85. The molecule has 0 bridgehead atoms. The van der Waals surface area contributed by atoms with E-state index in [2.05, 4.69) is 0 Å². The van der Waals surface area contributed by atoms with E-state index in [0.717, 1.165) is 43.7 Å². The van der Waals surface area contributed by atoms with Gasteiger partial charge in [-0.25, -0.2) is 0 Å². The fourth-order valence-electron chi connectivity index (χ4n) is 4.40. The number of hydrogen-bond acceptors (Lipinski definition) is 4. The van der Waals surface area contributed by atoms with Crippen LogP contribution in [0.2, 0.25) is 0 Å². The molecule has 0 N–H and O–H groups in total. The van der Waals surface area contributed by atoms with Crippen LogP contribution < -0.4 is 4.74 Å². The Kier molecular flexibility index (Phi) is 5.08. The van der Waals surface area contributed by atoms with E-state index in [-0.39, 0.29) is 29.9 Å². The first-order chi connectivity index (χ1) is 13.0. The maximum Gasteiger partial charge on any atom is 0.260 e. The average molecular weight is 372 g/mol. The fourth-order valence-corrected chi connectivity index (χ4v) is 4.40. The minimum atomic E-state index is -0.241. The van der Waals surface area contributed by atoms with Gasteiger partial charge in [0, 0.05) is 19.5 Å². The highest BCUT2D eigenvalue weighted by atomic mass is 16.5. The first kappa shape index (κ1) is 18.3. The standard InChI is InChI=1S/C21H28N2O4/c1-16-5-4-6-18(9-16)26-13-20(25)23-14-21(15-23)11-17(12-27-21)10-19(24)22-7-2-3-8-22/h4-6,9,17H,2-3,7-8,10-15H2,1H3. The second-order valence-corrected chi connectivity index (χ2v) is 8.21. The highest BCUT2D eigenvalue weighted by Gasteiger charge is 2.51. The lowest BCUT2D eigenvalue weighted by molar-refractivity contribution is -0.159. The largest absolute Gasteiger partial charge is 0.484 e. The van der Waals surface area contributed by atoms with E-state index in [1.54, 1.807) is 4.90 Å². The van der Waals surface area contributed by atoms with Crippen molar-refractivity contribution in [2.75, 3.05) is 39.4 Å². The SMILES string of the molecule is Cc1cccc(OCC(=O)N2CC3(CC(CC(=O)N4CCCC4)CO3)C2)c1. The number of aryl methyl sites for hydroxylation is 1. The van der Waals surface area contributed by atoms with E-state index < -0.39 is 0 Å². The van der Waals surface area contributed by atoms with Gasteiger partial charge in [-0.2, -0.15) is 0 Å². The molecule has 0 aromatic heterocycles. The van der Waals surface area contributed by atoms with Crippen LogP contribution in [0.25, 0.3) is 0 Å².